The van der Waals surface area contributed by atoms with E-state index in [-0.39, 0.29) is 0 Å². The number of hydroxylamine groups is 1. The Kier molecular flexibility index (Phi) is 3.25. The highest BCUT2D eigenvalue weighted by Crippen LogP contribution is 2.15. The summed E-state index contributed by atoms with van der Waals surface area (Å²) in [6.45, 7) is 0. The van der Waals surface area contributed by atoms with Crippen molar-refractivity contribution in [2.75, 3.05) is 7.05 Å². The highest BCUT2D eigenvalue weighted by Gasteiger charge is 2.09. The zero-order chi connectivity index (χ0) is 8.97. The Hall–Kier alpha value is -0.870. The molecule has 0 atom stereocenters. The lowest BCUT2D eigenvalue weighted by atomic mass is 10.2. The molecule has 1 N–H and O–H groups in total. The van der Waals surface area contributed by atoms with Gasteiger partial charge in [0, 0.05) is 11.5 Å². The first-order valence-corrected chi connectivity index (χ1v) is 4.17. The van der Waals surface area contributed by atoms with Gasteiger partial charge in [0.15, 0.2) is 0 Å². The number of hydrogen-bond donors (Lipinski definition) is 1. The molecule has 0 unspecified atom stereocenters. The lowest BCUT2D eigenvalue weighted by Gasteiger charge is -2.02. The van der Waals surface area contributed by atoms with Crippen molar-refractivity contribution in [3.63, 3.8) is 0 Å². The fourth-order valence-electron chi connectivity index (χ4n) is 0.774. The molecule has 1 rings (SSSR count). The molecule has 64 valence electrons. The number of halogens is 1. The maximum atomic E-state index is 11.2. The van der Waals surface area contributed by atoms with Gasteiger partial charge in [-0.2, -0.15) is 5.48 Å². The topological polar surface area (TPSA) is 38.3 Å². The molecule has 0 saturated carbocycles. The third-order valence-electron chi connectivity index (χ3n) is 1.29. The number of nitrogens with one attached hydrogen (secondary N) is 1. The molecule has 0 saturated heterocycles. The van der Waals surface area contributed by atoms with E-state index in [1.807, 2.05) is 6.07 Å². The second-order valence-corrected chi connectivity index (χ2v) is 2.93. The van der Waals surface area contributed by atoms with Crippen molar-refractivity contribution in [2.24, 2.45) is 0 Å². The minimum atomic E-state index is -0.398. The van der Waals surface area contributed by atoms with Crippen LogP contribution >= 0.6 is 15.9 Å². The molecule has 0 spiro atoms. The van der Waals surface area contributed by atoms with E-state index in [2.05, 4.69) is 26.2 Å². The first-order valence-electron chi connectivity index (χ1n) is 3.38. The summed E-state index contributed by atoms with van der Waals surface area (Å²) in [5.74, 6) is -0.398. The average Bonchev–Trinajstić information content (AvgIpc) is 2.05. The summed E-state index contributed by atoms with van der Waals surface area (Å²) in [7, 11) is 1.54. The molecule has 0 aliphatic carbocycles. The van der Waals surface area contributed by atoms with Gasteiger partial charge in [-0.05, 0) is 28.1 Å². The van der Waals surface area contributed by atoms with Crippen LogP contribution in [-0.4, -0.2) is 13.0 Å². The van der Waals surface area contributed by atoms with E-state index in [4.69, 9.17) is 0 Å². The van der Waals surface area contributed by atoms with E-state index in [0.29, 0.717) is 5.56 Å². The molecule has 12 heavy (non-hydrogen) atoms. The molecule has 1 aromatic rings. The second kappa shape index (κ2) is 4.23. The highest BCUT2D eigenvalue weighted by molar-refractivity contribution is 9.10. The molecular weight excluding hydrogens is 222 g/mol. The fourth-order valence-corrected chi connectivity index (χ4v) is 1.22. The monoisotopic (exact) mass is 229 g/mol. The van der Waals surface area contributed by atoms with E-state index in [0.717, 1.165) is 4.47 Å². The summed E-state index contributed by atoms with van der Waals surface area (Å²) < 4.78 is 0.727. The van der Waals surface area contributed by atoms with Gasteiger partial charge < -0.3 is 4.84 Å². The van der Waals surface area contributed by atoms with Crippen molar-refractivity contribution in [1.82, 2.24) is 5.48 Å². The smallest absolute Gasteiger partial charge is 0.357 e. The van der Waals surface area contributed by atoms with E-state index in [1.54, 1.807) is 18.2 Å². The molecule has 4 heteroatoms. The SMILES string of the molecule is CNOC(=O)c1ccccc1Br. The van der Waals surface area contributed by atoms with Gasteiger partial charge in [-0.1, -0.05) is 12.1 Å². The van der Waals surface area contributed by atoms with Crippen molar-refractivity contribution in [3.8, 4) is 0 Å². The Balaban J connectivity index is 2.87. The Labute approximate surface area is 78.8 Å². The van der Waals surface area contributed by atoms with Gasteiger partial charge in [0.05, 0.1) is 5.56 Å². The lowest BCUT2D eigenvalue weighted by Crippen LogP contribution is -2.15. The van der Waals surface area contributed by atoms with Gasteiger partial charge in [0.25, 0.3) is 0 Å². The Bertz CT molecular complexity index is 288. The van der Waals surface area contributed by atoms with E-state index < -0.39 is 5.97 Å². The van der Waals surface area contributed by atoms with Gasteiger partial charge in [-0.15, -0.1) is 0 Å². The molecule has 0 bridgehead atoms. The standard InChI is InChI=1S/C8H8BrNO2/c1-10-12-8(11)6-4-2-3-5-7(6)9/h2-5,10H,1H3. The first-order chi connectivity index (χ1) is 5.75. The highest BCUT2D eigenvalue weighted by atomic mass is 79.9. The van der Waals surface area contributed by atoms with Gasteiger partial charge in [0.1, 0.15) is 0 Å². The summed E-state index contributed by atoms with van der Waals surface area (Å²) in [5.41, 5.74) is 2.83. The predicted molar refractivity (Wildman–Crippen MR) is 48.6 cm³/mol. The van der Waals surface area contributed by atoms with Crippen LogP contribution in [0, 0.1) is 0 Å². The zero-order valence-corrected chi connectivity index (χ0v) is 8.09. The summed E-state index contributed by atoms with van der Waals surface area (Å²) in [6.07, 6.45) is 0. The van der Waals surface area contributed by atoms with E-state index in [9.17, 15) is 4.79 Å². The molecule has 0 aromatic heterocycles. The van der Waals surface area contributed by atoms with Crippen LogP contribution < -0.4 is 5.48 Å². The van der Waals surface area contributed by atoms with Crippen molar-refractivity contribution >= 4 is 21.9 Å². The first kappa shape index (κ1) is 9.22. The van der Waals surface area contributed by atoms with Crippen LogP contribution in [0.5, 0.6) is 0 Å². The minimum Gasteiger partial charge on any atom is -0.367 e. The zero-order valence-electron chi connectivity index (χ0n) is 6.50. The number of carbonyl (C=O) groups is 1. The van der Waals surface area contributed by atoms with E-state index >= 15 is 0 Å². The van der Waals surface area contributed by atoms with Gasteiger partial charge in [0.2, 0.25) is 0 Å². The molecule has 0 aliphatic heterocycles. The number of carbonyl (C=O) groups excluding carboxylic acids is 1. The van der Waals surface area contributed by atoms with Crippen LogP contribution in [0.25, 0.3) is 0 Å². The van der Waals surface area contributed by atoms with Crippen LogP contribution in [0.1, 0.15) is 10.4 Å². The molecule has 0 radical (unpaired) electrons. The van der Waals surface area contributed by atoms with Crippen molar-refractivity contribution in [3.05, 3.63) is 34.3 Å². The molecule has 1 aromatic carbocycles. The molecule has 0 fully saturated rings. The van der Waals surface area contributed by atoms with Gasteiger partial charge in [-0.3, -0.25) is 0 Å². The number of rotatable bonds is 2. The number of benzene rings is 1. The normalized spacial score (nSPS) is 9.50. The lowest BCUT2D eigenvalue weighted by molar-refractivity contribution is 0.0309. The molecule has 0 aliphatic rings. The number of hydrogen-bond acceptors (Lipinski definition) is 3. The quantitative estimate of drug-likeness (QED) is 0.786. The fraction of sp³-hybridized carbons (Fsp3) is 0.125. The van der Waals surface area contributed by atoms with Crippen LogP contribution in [-0.2, 0) is 4.84 Å². The summed E-state index contributed by atoms with van der Waals surface area (Å²) in [6, 6.07) is 7.08. The van der Waals surface area contributed by atoms with Crippen molar-refractivity contribution in [2.45, 2.75) is 0 Å². The predicted octanol–water partition coefficient (Wildman–Crippen LogP) is 1.74. The average molecular weight is 230 g/mol. The Morgan fingerprint density at radius 2 is 2.17 bits per heavy atom. The third-order valence-corrected chi connectivity index (χ3v) is 1.98. The molecular formula is C8H8BrNO2. The maximum absolute atomic E-state index is 11.2. The largest absolute Gasteiger partial charge is 0.367 e. The Morgan fingerprint density at radius 3 is 2.75 bits per heavy atom. The second-order valence-electron chi connectivity index (χ2n) is 2.07. The van der Waals surface area contributed by atoms with Crippen LogP contribution in [0.2, 0.25) is 0 Å². The molecule has 3 nitrogen and oxygen atoms in total. The minimum absolute atomic E-state index is 0.398. The Morgan fingerprint density at radius 1 is 1.50 bits per heavy atom. The van der Waals surface area contributed by atoms with Crippen LogP contribution in [0.15, 0.2) is 28.7 Å². The molecule has 0 heterocycles. The van der Waals surface area contributed by atoms with Gasteiger partial charge >= 0.3 is 5.97 Å². The van der Waals surface area contributed by atoms with Crippen molar-refractivity contribution < 1.29 is 9.63 Å². The van der Waals surface area contributed by atoms with Crippen LogP contribution in [0.3, 0.4) is 0 Å². The third kappa shape index (κ3) is 2.06. The summed E-state index contributed by atoms with van der Waals surface area (Å²) in [5, 5.41) is 0. The summed E-state index contributed by atoms with van der Waals surface area (Å²) in [4.78, 5) is 15.7. The maximum Gasteiger partial charge on any atom is 0.357 e. The van der Waals surface area contributed by atoms with Crippen LogP contribution in [0.4, 0.5) is 0 Å². The van der Waals surface area contributed by atoms with Crippen molar-refractivity contribution in [1.29, 1.82) is 0 Å². The summed E-state index contributed by atoms with van der Waals surface area (Å²) >= 11 is 3.24. The van der Waals surface area contributed by atoms with Gasteiger partial charge in [-0.25, -0.2) is 4.79 Å². The van der Waals surface area contributed by atoms with E-state index in [1.165, 1.54) is 7.05 Å². The molecule has 0 amide bonds.